The molecular weight excluding hydrogens is 262 g/mol. The molecule has 1 fully saturated rings. The Morgan fingerprint density at radius 2 is 2.22 bits per heavy atom. The second-order valence-corrected chi connectivity index (χ2v) is 6.72. The van der Waals surface area contributed by atoms with Crippen molar-refractivity contribution in [1.29, 1.82) is 0 Å². The predicted octanol–water partition coefficient (Wildman–Crippen LogP) is 5.41. The lowest BCUT2D eigenvalue weighted by Crippen LogP contribution is -2.22. The first-order valence-electron chi connectivity index (χ1n) is 7.27. The van der Waals surface area contributed by atoms with Gasteiger partial charge in [0.1, 0.15) is 0 Å². The van der Waals surface area contributed by atoms with E-state index in [0.717, 1.165) is 17.5 Å². The summed E-state index contributed by atoms with van der Waals surface area (Å²) in [6.07, 6.45) is 9.55. The van der Waals surface area contributed by atoms with Crippen LogP contribution in [0.3, 0.4) is 0 Å². The van der Waals surface area contributed by atoms with Gasteiger partial charge in [0.2, 0.25) is 0 Å². The molecule has 2 rings (SSSR count). The molecule has 0 spiro atoms. The van der Waals surface area contributed by atoms with Gasteiger partial charge in [-0.3, -0.25) is 0 Å². The summed E-state index contributed by atoms with van der Waals surface area (Å²) in [5, 5.41) is 6.71. The summed E-state index contributed by atoms with van der Waals surface area (Å²) < 4.78 is 0. The normalized spacial score (nSPS) is 18.3. The Hall–Kier alpha value is -0.0500. The average molecular weight is 286 g/mol. The summed E-state index contributed by atoms with van der Waals surface area (Å²) in [5.41, 5.74) is 0. The molecule has 1 nitrogen and oxygen atoms in total. The molecule has 1 saturated carbocycles. The Balaban J connectivity index is 1.90. The summed E-state index contributed by atoms with van der Waals surface area (Å²) >= 11 is 8.08. The Morgan fingerprint density at radius 3 is 2.83 bits per heavy atom. The van der Waals surface area contributed by atoms with Crippen molar-refractivity contribution in [2.75, 3.05) is 6.54 Å². The summed E-state index contributed by atoms with van der Waals surface area (Å²) in [6, 6.07) is 2.50. The molecule has 18 heavy (non-hydrogen) atoms. The summed E-state index contributed by atoms with van der Waals surface area (Å²) in [5.74, 6) is 0.967. The second-order valence-electron chi connectivity index (χ2n) is 5.37. The van der Waals surface area contributed by atoms with Gasteiger partial charge in [0.25, 0.3) is 0 Å². The molecule has 1 heterocycles. The van der Waals surface area contributed by atoms with E-state index in [9.17, 15) is 0 Å². The fraction of sp³-hybridized carbons (Fsp3) is 0.733. The van der Waals surface area contributed by atoms with Gasteiger partial charge in [-0.15, -0.1) is 11.3 Å². The van der Waals surface area contributed by atoms with E-state index in [4.69, 9.17) is 11.6 Å². The third-order valence-electron chi connectivity index (χ3n) is 3.94. The van der Waals surface area contributed by atoms with Gasteiger partial charge in [-0.2, -0.15) is 0 Å². The third-order valence-corrected chi connectivity index (χ3v) is 5.41. The number of hydrogen-bond donors (Lipinski definition) is 1. The Bertz CT molecular complexity index is 344. The number of hydrogen-bond acceptors (Lipinski definition) is 2. The summed E-state index contributed by atoms with van der Waals surface area (Å²) in [4.78, 5) is 1.34. The number of halogens is 1. The molecule has 1 aromatic rings. The van der Waals surface area contributed by atoms with Gasteiger partial charge in [0, 0.05) is 10.9 Å². The van der Waals surface area contributed by atoms with Crippen molar-refractivity contribution in [2.24, 2.45) is 5.92 Å². The van der Waals surface area contributed by atoms with Crippen LogP contribution in [0.1, 0.15) is 62.8 Å². The zero-order chi connectivity index (χ0) is 12.8. The van der Waals surface area contributed by atoms with E-state index in [2.05, 4.69) is 17.6 Å². The fourth-order valence-corrected chi connectivity index (χ4v) is 4.20. The van der Waals surface area contributed by atoms with E-state index in [1.54, 1.807) is 11.3 Å². The highest BCUT2D eigenvalue weighted by molar-refractivity contribution is 7.10. The van der Waals surface area contributed by atoms with Crippen LogP contribution in [0, 0.1) is 5.92 Å². The van der Waals surface area contributed by atoms with Gasteiger partial charge in [-0.25, -0.2) is 0 Å². The van der Waals surface area contributed by atoms with E-state index in [1.165, 1.54) is 49.8 Å². The topological polar surface area (TPSA) is 12.0 Å². The van der Waals surface area contributed by atoms with Crippen LogP contribution in [-0.4, -0.2) is 6.54 Å². The molecule has 1 unspecified atom stereocenters. The minimum atomic E-state index is 0.470. The molecule has 0 aliphatic heterocycles. The lowest BCUT2D eigenvalue weighted by atomic mass is 9.98. The van der Waals surface area contributed by atoms with Crippen molar-refractivity contribution in [1.82, 2.24) is 5.32 Å². The summed E-state index contributed by atoms with van der Waals surface area (Å²) in [7, 11) is 0. The Labute approximate surface area is 120 Å². The van der Waals surface area contributed by atoms with E-state index in [0.29, 0.717) is 6.04 Å². The fourth-order valence-electron chi connectivity index (χ4n) is 2.90. The lowest BCUT2D eigenvalue weighted by Gasteiger charge is -2.19. The molecule has 0 aromatic carbocycles. The van der Waals surface area contributed by atoms with Crippen molar-refractivity contribution in [3.8, 4) is 0 Å². The number of nitrogens with one attached hydrogen (secondary N) is 1. The van der Waals surface area contributed by atoms with Gasteiger partial charge in [0.15, 0.2) is 0 Å². The van der Waals surface area contributed by atoms with Crippen LogP contribution < -0.4 is 5.32 Å². The molecule has 1 aromatic heterocycles. The van der Waals surface area contributed by atoms with Crippen molar-refractivity contribution < 1.29 is 0 Å². The number of thiophene rings is 1. The van der Waals surface area contributed by atoms with Crippen LogP contribution in [0.5, 0.6) is 0 Å². The SMILES string of the molecule is CCCNC(CCC1CCCC1)c1sccc1Cl. The maximum absolute atomic E-state index is 6.28. The summed E-state index contributed by atoms with van der Waals surface area (Å²) in [6.45, 7) is 3.31. The van der Waals surface area contributed by atoms with Crippen molar-refractivity contribution in [3.63, 3.8) is 0 Å². The van der Waals surface area contributed by atoms with Crippen LogP contribution in [0.4, 0.5) is 0 Å². The largest absolute Gasteiger partial charge is 0.309 e. The molecule has 3 heteroatoms. The van der Waals surface area contributed by atoms with Crippen LogP contribution in [0.15, 0.2) is 11.4 Å². The highest BCUT2D eigenvalue weighted by Crippen LogP contribution is 2.35. The molecular formula is C15H24ClNS. The van der Waals surface area contributed by atoms with Crippen molar-refractivity contribution in [2.45, 2.75) is 57.9 Å². The standard InChI is InChI=1S/C15H24ClNS/c1-2-10-17-14(15-13(16)9-11-18-15)8-7-12-5-3-4-6-12/h9,11-12,14,17H,2-8,10H2,1H3. The minimum Gasteiger partial charge on any atom is -0.309 e. The zero-order valence-electron chi connectivity index (χ0n) is 11.3. The van der Waals surface area contributed by atoms with E-state index < -0.39 is 0 Å². The Kier molecular flexibility index (Phi) is 6.00. The van der Waals surface area contributed by atoms with Crippen LogP contribution >= 0.6 is 22.9 Å². The lowest BCUT2D eigenvalue weighted by molar-refractivity contribution is 0.415. The molecule has 0 saturated heterocycles. The molecule has 1 N–H and O–H groups in total. The zero-order valence-corrected chi connectivity index (χ0v) is 12.8. The molecule has 102 valence electrons. The quantitative estimate of drug-likeness (QED) is 0.706. The molecule has 0 amide bonds. The first kappa shape index (κ1) is 14.4. The van der Waals surface area contributed by atoms with Crippen LogP contribution in [0.2, 0.25) is 5.02 Å². The highest BCUT2D eigenvalue weighted by atomic mass is 35.5. The molecule has 1 aliphatic carbocycles. The van der Waals surface area contributed by atoms with E-state index >= 15 is 0 Å². The number of rotatable bonds is 7. The third kappa shape index (κ3) is 3.97. The molecule has 0 radical (unpaired) electrons. The van der Waals surface area contributed by atoms with Gasteiger partial charge < -0.3 is 5.32 Å². The van der Waals surface area contributed by atoms with Crippen LogP contribution in [0.25, 0.3) is 0 Å². The second kappa shape index (κ2) is 7.52. The average Bonchev–Trinajstić information content (AvgIpc) is 3.01. The van der Waals surface area contributed by atoms with Crippen molar-refractivity contribution in [3.05, 3.63) is 21.3 Å². The van der Waals surface area contributed by atoms with E-state index in [1.807, 2.05) is 6.07 Å². The maximum atomic E-state index is 6.28. The monoisotopic (exact) mass is 285 g/mol. The van der Waals surface area contributed by atoms with Crippen molar-refractivity contribution >= 4 is 22.9 Å². The molecule has 1 atom stereocenters. The maximum Gasteiger partial charge on any atom is 0.0561 e. The molecule has 0 bridgehead atoms. The first-order chi connectivity index (χ1) is 8.81. The smallest absolute Gasteiger partial charge is 0.0561 e. The molecule has 1 aliphatic rings. The minimum absolute atomic E-state index is 0.470. The first-order valence-corrected chi connectivity index (χ1v) is 8.53. The van der Waals surface area contributed by atoms with Gasteiger partial charge >= 0.3 is 0 Å². The predicted molar refractivity (Wildman–Crippen MR) is 81.6 cm³/mol. The van der Waals surface area contributed by atoms with Gasteiger partial charge in [-0.1, -0.05) is 44.2 Å². The van der Waals surface area contributed by atoms with E-state index in [-0.39, 0.29) is 0 Å². The van der Waals surface area contributed by atoms with Gasteiger partial charge in [-0.05, 0) is 43.2 Å². The Morgan fingerprint density at radius 1 is 1.44 bits per heavy atom. The van der Waals surface area contributed by atoms with Crippen LogP contribution in [-0.2, 0) is 0 Å². The highest BCUT2D eigenvalue weighted by Gasteiger charge is 2.20. The van der Waals surface area contributed by atoms with Gasteiger partial charge in [0.05, 0.1) is 5.02 Å².